The number of non-ortho nitro benzene ring substituents is 1. The first-order chi connectivity index (χ1) is 12.1. The van der Waals surface area contributed by atoms with Crippen molar-refractivity contribution in [3.05, 3.63) is 63.2 Å². The number of sulfonamides is 1. The second-order valence-electron chi connectivity index (χ2n) is 5.91. The summed E-state index contributed by atoms with van der Waals surface area (Å²) in [6, 6.07) is 8.90. The third kappa shape index (κ3) is 4.64. The van der Waals surface area contributed by atoms with Crippen LogP contribution in [0.1, 0.15) is 16.7 Å². The minimum atomic E-state index is -3.87. The lowest BCUT2D eigenvalue weighted by atomic mass is 10.1. The number of rotatable bonds is 6. The predicted octanol–water partition coefficient (Wildman–Crippen LogP) is 2.44. The van der Waals surface area contributed by atoms with Crippen LogP contribution in [0.3, 0.4) is 0 Å². The molecule has 0 unspecified atom stereocenters. The largest absolute Gasteiger partial charge is 0.325 e. The zero-order valence-corrected chi connectivity index (χ0v) is 15.4. The van der Waals surface area contributed by atoms with Gasteiger partial charge in [-0.1, -0.05) is 23.8 Å². The van der Waals surface area contributed by atoms with Gasteiger partial charge in [0.15, 0.2) is 0 Å². The van der Waals surface area contributed by atoms with E-state index in [1.807, 2.05) is 6.92 Å². The molecule has 0 bridgehead atoms. The van der Waals surface area contributed by atoms with Gasteiger partial charge in [0.1, 0.15) is 0 Å². The van der Waals surface area contributed by atoms with E-state index in [-0.39, 0.29) is 16.3 Å². The number of nitro groups is 1. The highest BCUT2D eigenvalue weighted by atomic mass is 32.2. The van der Waals surface area contributed by atoms with Crippen molar-refractivity contribution in [3.63, 3.8) is 0 Å². The second-order valence-corrected chi connectivity index (χ2v) is 7.61. The van der Waals surface area contributed by atoms with E-state index in [0.29, 0.717) is 11.1 Å². The predicted molar refractivity (Wildman–Crippen MR) is 97.6 cm³/mol. The van der Waals surface area contributed by atoms with E-state index < -0.39 is 27.4 Å². The molecule has 1 amide bonds. The van der Waals surface area contributed by atoms with Gasteiger partial charge in [-0.15, -0.1) is 0 Å². The fraction of sp³-hybridized carbons (Fsp3) is 0.235. The maximum atomic E-state index is 12.5. The molecule has 2 N–H and O–H groups in total. The number of aryl methyl sites for hydroxylation is 3. The monoisotopic (exact) mass is 377 g/mol. The van der Waals surface area contributed by atoms with Crippen LogP contribution in [0.25, 0.3) is 0 Å². The van der Waals surface area contributed by atoms with Gasteiger partial charge in [-0.25, -0.2) is 13.1 Å². The first kappa shape index (κ1) is 19.5. The Balaban J connectivity index is 2.09. The smallest absolute Gasteiger partial charge is 0.271 e. The molecule has 0 atom stereocenters. The van der Waals surface area contributed by atoms with Crippen molar-refractivity contribution in [1.29, 1.82) is 0 Å². The molecule has 2 aromatic carbocycles. The molecule has 0 heterocycles. The SMILES string of the molecule is Cc1cc(C)c(S(=O)(=O)NCC(=O)Nc2cccc([N+](=O)[O-])c2)c(C)c1. The highest BCUT2D eigenvalue weighted by molar-refractivity contribution is 7.89. The van der Waals surface area contributed by atoms with Gasteiger partial charge in [-0.05, 0) is 38.0 Å². The third-order valence-electron chi connectivity index (χ3n) is 3.64. The molecule has 138 valence electrons. The van der Waals surface area contributed by atoms with Gasteiger partial charge in [0.05, 0.1) is 16.4 Å². The van der Waals surface area contributed by atoms with E-state index in [9.17, 15) is 23.3 Å². The molecule has 8 nitrogen and oxygen atoms in total. The van der Waals surface area contributed by atoms with Gasteiger partial charge in [0.25, 0.3) is 5.69 Å². The van der Waals surface area contributed by atoms with Crippen LogP contribution in [0.15, 0.2) is 41.3 Å². The molecule has 0 aliphatic rings. The number of hydrogen-bond acceptors (Lipinski definition) is 5. The third-order valence-corrected chi connectivity index (χ3v) is 5.34. The number of nitro benzene ring substituents is 1. The van der Waals surface area contributed by atoms with Crippen LogP contribution in [0.5, 0.6) is 0 Å². The number of nitrogens with zero attached hydrogens (tertiary/aromatic N) is 1. The summed E-state index contributed by atoms with van der Waals surface area (Å²) in [5.74, 6) is -0.628. The number of benzene rings is 2. The fourth-order valence-corrected chi connectivity index (χ4v) is 4.16. The molecule has 0 aliphatic carbocycles. The molecule has 0 aromatic heterocycles. The Hall–Kier alpha value is -2.78. The quantitative estimate of drug-likeness (QED) is 0.592. The molecule has 2 aromatic rings. The summed E-state index contributed by atoms with van der Waals surface area (Å²) in [6.45, 7) is 4.77. The lowest BCUT2D eigenvalue weighted by Crippen LogP contribution is -2.33. The molecule has 0 aliphatic heterocycles. The van der Waals surface area contributed by atoms with Crippen molar-refractivity contribution in [2.24, 2.45) is 0 Å². The van der Waals surface area contributed by atoms with Crippen molar-refractivity contribution < 1.29 is 18.1 Å². The number of carbonyl (C=O) groups excluding carboxylic acids is 1. The van der Waals surface area contributed by atoms with Gasteiger partial charge in [-0.2, -0.15) is 0 Å². The van der Waals surface area contributed by atoms with E-state index in [1.54, 1.807) is 26.0 Å². The van der Waals surface area contributed by atoms with Crippen LogP contribution in [0, 0.1) is 30.9 Å². The molecule has 26 heavy (non-hydrogen) atoms. The summed E-state index contributed by atoms with van der Waals surface area (Å²) >= 11 is 0. The van der Waals surface area contributed by atoms with Crippen molar-refractivity contribution >= 4 is 27.3 Å². The minimum absolute atomic E-state index is 0.145. The van der Waals surface area contributed by atoms with Crippen LogP contribution in [-0.2, 0) is 14.8 Å². The normalized spacial score (nSPS) is 11.2. The average molecular weight is 377 g/mol. The topological polar surface area (TPSA) is 118 Å². The number of amides is 1. The Morgan fingerprint density at radius 1 is 1.12 bits per heavy atom. The molecule has 0 radical (unpaired) electrons. The van der Waals surface area contributed by atoms with Gasteiger partial charge in [-0.3, -0.25) is 14.9 Å². The summed E-state index contributed by atoms with van der Waals surface area (Å²) in [7, 11) is -3.87. The van der Waals surface area contributed by atoms with Crippen molar-refractivity contribution in [2.45, 2.75) is 25.7 Å². The first-order valence-electron chi connectivity index (χ1n) is 7.72. The number of carbonyl (C=O) groups is 1. The summed E-state index contributed by atoms with van der Waals surface area (Å²) < 4.78 is 27.3. The molecule has 0 spiro atoms. The second kappa shape index (κ2) is 7.63. The summed E-state index contributed by atoms with van der Waals surface area (Å²) in [5, 5.41) is 13.2. The maximum Gasteiger partial charge on any atom is 0.271 e. The fourth-order valence-electron chi connectivity index (χ4n) is 2.73. The zero-order valence-electron chi connectivity index (χ0n) is 14.6. The maximum absolute atomic E-state index is 12.5. The summed E-state index contributed by atoms with van der Waals surface area (Å²) in [6.07, 6.45) is 0. The standard InChI is InChI=1S/C17H19N3O5S/c1-11-7-12(2)17(13(3)8-11)26(24,25)18-10-16(21)19-14-5-4-6-15(9-14)20(22)23/h4-9,18H,10H2,1-3H3,(H,19,21). The van der Waals surface area contributed by atoms with E-state index in [0.717, 1.165) is 5.56 Å². The Bertz CT molecular complexity index is 947. The van der Waals surface area contributed by atoms with Gasteiger partial charge < -0.3 is 5.32 Å². The molecule has 0 saturated carbocycles. The van der Waals surface area contributed by atoms with Gasteiger partial charge >= 0.3 is 0 Å². The highest BCUT2D eigenvalue weighted by Gasteiger charge is 2.20. The highest BCUT2D eigenvalue weighted by Crippen LogP contribution is 2.21. The van der Waals surface area contributed by atoms with E-state index in [1.165, 1.54) is 24.3 Å². The number of anilines is 1. The van der Waals surface area contributed by atoms with Crippen LogP contribution in [0.2, 0.25) is 0 Å². The van der Waals surface area contributed by atoms with Crippen molar-refractivity contribution in [3.8, 4) is 0 Å². The summed E-state index contributed by atoms with van der Waals surface area (Å²) in [4.78, 5) is 22.3. The Morgan fingerprint density at radius 2 is 1.73 bits per heavy atom. The first-order valence-corrected chi connectivity index (χ1v) is 9.20. The van der Waals surface area contributed by atoms with Crippen LogP contribution in [0.4, 0.5) is 11.4 Å². The number of hydrogen-bond donors (Lipinski definition) is 2. The van der Waals surface area contributed by atoms with E-state index in [2.05, 4.69) is 10.0 Å². The zero-order chi connectivity index (χ0) is 19.5. The van der Waals surface area contributed by atoms with Crippen LogP contribution in [-0.4, -0.2) is 25.8 Å². The molecular weight excluding hydrogens is 358 g/mol. The van der Waals surface area contributed by atoms with Gasteiger partial charge in [0, 0.05) is 17.8 Å². The van der Waals surface area contributed by atoms with Gasteiger partial charge in [0.2, 0.25) is 15.9 Å². The Kier molecular flexibility index (Phi) is 5.73. The molecule has 2 rings (SSSR count). The average Bonchev–Trinajstić information content (AvgIpc) is 2.52. The molecule has 0 fully saturated rings. The van der Waals surface area contributed by atoms with Crippen LogP contribution < -0.4 is 10.0 Å². The van der Waals surface area contributed by atoms with Crippen molar-refractivity contribution in [1.82, 2.24) is 4.72 Å². The molecule has 9 heteroatoms. The lowest BCUT2D eigenvalue weighted by molar-refractivity contribution is -0.384. The minimum Gasteiger partial charge on any atom is -0.325 e. The van der Waals surface area contributed by atoms with E-state index >= 15 is 0 Å². The Morgan fingerprint density at radius 3 is 2.31 bits per heavy atom. The number of nitrogens with one attached hydrogen (secondary N) is 2. The van der Waals surface area contributed by atoms with Crippen molar-refractivity contribution in [2.75, 3.05) is 11.9 Å². The molecular formula is C17H19N3O5S. The van der Waals surface area contributed by atoms with E-state index in [4.69, 9.17) is 0 Å². The Labute approximate surface area is 151 Å². The molecule has 0 saturated heterocycles. The summed E-state index contributed by atoms with van der Waals surface area (Å²) in [5.41, 5.74) is 2.17. The lowest BCUT2D eigenvalue weighted by Gasteiger charge is -2.13. The van der Waals surface area contributed by atoms with Crippen LogP contribution >= 0.6 is 0 Å².